The average Bonchev–Trinajstić information content (AvgIpc) is 2.95. The van der Waals surface area contributed by atoms with Gasteiger partial charge in [0.2, 0.25) is 0 Å². The molecule has 1 aliphatic rings. The highest BCUT2D eigenvalue weighted by Crippen LogP contribution is 2.22. The summed E-state index contributed by atoms with van der Waals surface area (Å²) in [6.45, 7) is 0. The molecule has 18 heavy (non-hydrogen) atoms. The van der Waals surface area contributed by atoms with Crippen molar-refractivity contribution in [3.8, 4) is 5.69 Å². The minimum Gasteiger partial charge on any atom is -0.382 e. The fourth-order valence-electron chi connectivity index (χ4n) is 2.52. The third kappa shape index (κ3) is 2.53. The first-order chi connectivity index (χ1) is 8.92. The van der Waals surface area contributed by atoms with Crippen LogP contribution in [0.5, 0.6) is 0 Å². The molecule has 3 rings (SSSR count). The molecular formula is C14H18N4. The maximum Gasteiger partial charge on any atom is 0.0858 e. The summed E-state index contributed by atoms with van der Waals surface area (Å²) < 4.78 is 0. The topological polar surface area (TPSA) is 42.7 Å². The Morgan fingerprint density at radius 2 is 1.61 bits per heavy atom. The van der Waals surface area contributed by atoms with E-state index in [1.807, 2.05) is 12.1 Å². The second-order valence-electron chi connectivity index (χ2n) is 4.84. The zero-order valence-electron chi connectivity index (χ0n) is 10.4. The van der Waals surface area contributed by atoms with Crippen molar-refractivity contribution in [2.75, 3.05) is 5.32 Å². The molecule has 0 aliphatic heterocycles. The Balaban J connectivity index is 1.67. The van der Waals surface area contributed by atoms with Crippen LogP contribution in [0.15, 0.2) is 36.7 Å². The van der Waals surface area contributed by atoms with Gasteiger partial charge in [-0.05, 0) is 37.1 Å². The average molecular weight is 242 g/mol. The Hall–Kier alpha value is -1.84. The summed E-state index contributed by atoms with van der Waals surface area (Å²) in [6, 6.07) is 8.95. The van der Waals surface area contributed by atoms with Crippen LogP contribution >= 0.6 is 0 Å². The fraction of sp³-hybridized carbons (Fsp3) is 0.429. The molecule has 4 nitrogen and oxygen atoms in total. The smallest absolute Gasteiger partial charge is 0.0858 e. The standard InChI is InChI=1S/C14H18N4/c1-2-4-12(5-3-1)17-13-6-8-14(9-7-13)18-15-10-11-16-18/h6-12,17H,1-5H2. The Morgan fingerprint density at radius 3 is 2.28 bits per heavy atom. The number of nitrogens with zero attached hydrogens (tertiary/aromatic N) is 3. The second-order valence-corrected chi connectivity index (χ2v) is 4.84. The van der Waals surface area contributed by atoms with Gasteiger partial charge in [0.05, 0.1) is 18.1 Å². The van der Waals surface area contributed by atoms with E-state index < -0.39 is 0 Å². The van der Waals surface area contributed by atoms with Crippen LogP contribution in [0.2, 0.25) is 0 Å². The summed E-state index contributed by atoms with van der Waals surface area (Å²) in [6.07, 6.45) is 10.1. The molecule has 1 aromatic carbocycles. The monoisotopic (exact) mass is 242 g/mol. The van der Waals surface area contributed by atoms with E-state index >= 15 is 0 Å². The number of benzene rings is 1. The van der Waals surface area contributed by atoms with Gasteiger partial charge in [0.1, 0.15) is 0 Å². The zero-order valence-corrected chi connectivity index (χ0v) is 10.4. The predicted octanol–water partition coefficient (Wildman–Crippen LogP) is 3.01. The van der Waals surface area contributed by atoms with E-state index in [1.165, 1.54) is 37.8 Å². The third-order valence-corrected chi connectivity index (χ3v) is 3.49. The molecule has 1 heterocycles. The Bertz CT molecular complexity index is 469. The van der Waals surface area contributed by atoms with Gasteiger partial charge in [-0.15, -0.1) is 0 Å². The van der Waals surface area contributed by atoms with Gasteiger partial charge in [-0.25, -0.2) is 0 Å². The van der Waals surface area contributed by atoms with Crippen LogP contribution < -0.4 is 5.32 Å². The van der Waals surface area contributed by atoms with E-state index in [2.05, 4.69) is 27.6 Å². The Morgan fingerprint density at radius 1 is 0.944 bits per heavy atom. The number of nitrogens with one attached hydrogen (secondary N) is 1. The molecule has 1 aromatic heterocycles. The van der Waals surface area contributed by atoms with Gasteiger partial charge < -0.3 is 5.32 Å². The molecular weight excluding hydrogens is 224 g/mol. The Labute approximate surface area is 107 Å². The molecule has 0 amide bonds. The normalized spacial score (nSPS) is 16.7. The second kappa shape index (κ2) is 5.21. The van der Waals surface area contributed by atoms with Crippen LogP contribution in [-0.4, -0.2) is 21.0 Å². The van der Waals surface area contributed by atoms with E-state index in [0.717, 1.165) is 5.69 Å². The molecule has 0 saturated heterocycles. The first kappa shape index (κ1) is 11.3. The lowest BCUT2D eigenvalue weighted by molar-refractivity contribution is 0.463. The van der Waals surface area contributed by atoms with Crippen molar-refractivity contribution in [1.82, 2.24) is 15.0 Å². The molecule has 1 aliphatic carbocycles. The lowest BCUT2D eigenvalue weighted by Gasteiger charge is -2.23. The molecule has 94 valence electrons. The summed E-state index contributed by atoms with van der Waals surface area (Å²) in [5.74, 6) is 0. The lowest BCUT2D eigenvalue weighted by atomic mass is 9.95. The number of aromatic nitrogens is 3. The van der Waals surface area contributed by atoms with Gasteiger partial charge >= 0.3 is 0 Å². The van der Waals surface area contributed by atoms with E-state index in [1.54, 1.807) is 17.2 Å². The van der Waals surface area contributed by atoms with E-state index in [4.69, 9.17) is 0 Å². The highest BCUT2D eigenvalue weighted by Gasteiger charge is 2.12. The lowest BCUT2D eigenvalue weighted by Crippen LogP contribution is -2.22. The number of rotatable bonds is 3. The molecule has 2 aromatic rings. The molecule has 4 heteroatoms. The van der Waals surface area contributed by atoms with Crippen molar-refractivity contribution in [2.45, 2.75) is 38.1 Å². The fourth-order valence-corrected chi connectivity index (χ4v) is 2.52. The van der Waals surface area contributed by atoms with E-state index in [0.29, 0.717) is 6.04 Å². The van der Waals surface area contributed by atoms with Crippen LogP contribution in [0.3, 0.4) is 0 Å². The van der Waals surface area contributed by atoms with Gasteiger partial charge in [-0.1, -0.05) is 19.3 Å². The van der Waals surface area contributed by atoms with Crippen LogP contribution in [-0.2, 0) is 0 Å². The highest BCUT2D eigenvalue weighted by atomic mass is 15.5. The Kier molecular flexibility index (Phi) is 3.26. The van der Waals surface area contributed by atoms with Gasteiger partial charge in [-0.2, -0.15) is 15.0 Å². The van der Waals surface area contributed by atoms with Crippen molar-refractivity contribution in [3.63, 3.8) is 0 Å². The summed E-state index contributed by atoms with van der Waals surface area (Å²) in [5, 5.41) is 11.8. The summed E-state index contributed by atoms with van der Waals surface area (Å²) >= 11 is 0. The molecule has 0 atom stereocenters. The molecule has 0 bridgehead atoms. The van der Waals surface area contributed by atoms with E-state index in [9.17, 15) is 0 Å². The molecule has 1 saturated carbocycles. The minimum atomic E-state index is 0.646. The van der Waals surface area contributed by atoms with Crippen molar-refractivity contribution < 1.29 is 0 Å². The quantitative estimate of drug-likeness (QED) is 0.899. The number of hydrogen-bond acceptors (Lipinski definition) is 3. The molecule has 0 spiro atoms. The van der Waals surface area contributed by atoms with Gasteiger partial charge in [-0.3, -0.25) is 0 Å². The van der Waals surface area contributed by atoms with Crippen LogP contribution in [0.4, 0.5) is 5.69 Å². The minimum absolute atomic E-state index is 0.646. The van der Waals surface area contributed by atoms with Gasteiger partial charge in [0, 0.05) is 11.7 Å². The predicted molar refractivity (Wildman–Crippen MR) is 71.9 cm³/mol. The van der Waals surface area contributed by atoms with Crippen LogP contribution in [0.1, 0.15) is 32.1 Å². The maximum absolute atomic E-state index is 4.12. The third-order valence-electron chi connectivity index (χ3n) is 3.49. The first-order valence-electron chi connectivity index (χ1n) is 6.65. The van der Waals surface area contributed by atoms with Gasteiger partial charge in [0.15, 0.2) is 0 Å². The van der Waals surface area contributed by atoms with E-state index in [-0.39, 0.29) is 0 Å². The van der Waals surface area contributed by atoms with Crippen LogP contribution in [0, 0.1) is 0 Å². The zero-order chi connectivity index (χ0) is 12.2. The number of hydrogen-bond donors (Lipinski definition) is 1. The van der Waals surface area contributed by atoms with Crippen LogP contribution in [0.25, 0.3) is 5.69 Å². The molecule has 0 radical (unpaired) electrons. The molecule has 1 fully saturated rings. The van der Waals surface area contributed by atoms with Crippen molar-refractivity contribution >= 4 is 5.69 Å². The molecule has 0 unspecified atom stereocenters. The van der Waals surface area contributed by atoms with Crippen molar-refractivity contribution in [2.24, 2.45) is 0 Å². The summed E-state index contributed by atoms with van der Waals surface area (Å²) in [5.41, 5.74) is 2.19. The SMILES string of the molecule is c1cnn(-c2ccc(NC3CCCCC3)cc2)n1. The van der Waals surface area contributed by atoms with Crippen molar-refractivity contribution in [1.29, 1.82) is 0 Å². The van der Waals surface area contributed by atoms with Crippen molar-refractivity contribution in [3.05, 3.63) is 36.7 Å². The summed E-state index contributed by atoms with van der Waals surface area (Å²) in [7, 11) is 0. The highest BCUT2D eigenvalue weighted by molar-refractivity contribution is 5.48. The van der Waals surface area contributed by atoms with Gasteiger partial charge in [0.25, 0.3) is 0 Å². The molecule has 1 N–H and O–H groups in total. The number of anilines is 1. The first-order valence-corrected chi connectivity index (χ1v) is 6.65. The maximum atomic E-state index is 4.12. The largest absolute Gasteiger partial charge is 0.382 e. The summed E-state index contributed by atoms with van der Waals surface area (Å²) in [4.78, 5) is 1.63.